The molecule has 0 fully saturated rings. The number of carbonyl (C=O) groups excluding carboxylic acids is 2. The predicted molar refractivity (Wildman–Crippen MR) is 141 cm³/mol. The lowest BCUT2D eigenvalue weighted by molar-refractivity contribution is -0.274. The fraction of sp³-hybridized carbons (Fsp3) is 0.115. The Bertz CT molecular complexity index is 1540. The largest absolute Gasteiger partial charge is 0.573 e. The van der Waals surface area contributed by atoms with Crippen LogP contribution in [0.3, 0.4) is 0 Å². The van der Waals surface area contributed by atoms with Crippen LogP contribution >= 0.6 is 15.9 Å². The molecule has 0 radical (unpaired) electrons. The third-order valence-electron chi connectivity index (χ3n) is 5.42. The van der Waals surface area contributed by atoms with Crippen LogP contribution in [0.15, 0.2) is 77.4 Å². The molecule has 0 spiro atoms. The number of halogens is 4. The lowest BCUT2D eigenvalue weighted by atomic mass is 10.1. The van der Waals surface area contributed by atoms with Crippen molar-refractivity contribution in [2.75, 3.05) is 17.2 Å². The van der Waals surface area contributed by atoms with E-state index in [0.29, 0.717) is 32.2 Å². The maximum absolute atomic E-state index is 13.6. The Hall–Kier alpha value is -4.36. The molecular weight excluding hydrogens is 585 g/mol. The molecule has 4 aromatic rings. The van der Waals surface area contributed by atoms with Crippen molar-refractivity contribution in [3.05, 3.63) is 88.5 Å². The van der Waals surface area contributed by atoms with Gasteiger partial charge < -0.3 is 25.8 Å². The standard InChI is InChI=1S/C26H20BrF3N4O5/c27-16-5-10-22-20(11-16)21(33-25(38)32-17-6-8-18(9-7-17)39-26(28,29)30)14-34(22)24(37)19-4-2-1-3-15(19)12-31-13-23(35)36/h1-11,14,31H,12-13H2,(H,35,36)(H2,32,33,38). The second-order valence-electron chi connectivity index (χ2n) is 8.19. The van der Waals surface area contributed by atoms with E-state index in [9.17, 15) is 27.6 Å². The first kappa shape index (κ1) is 27.7. The Morgan fingerprint density at radius 3 is 2.38 bits per heavy atom. The van der Waals surface area contributed by atoms with Gasteiger partial charge in [-0.3, -0.25) is 14.2 Å². The Kier molecular flexibility index (Phi) is 8.21. The molecule has 4 rings (SSSR count). The van der Waals surface area contributed by atoms with Crippen LogP contribution < -0.4 is 20.7 Å². The van der Waals surface area contributed by atoms with E-state index in [4.69, 9.17) is 5.11 Å². The molecule has 0 unspecified atom stereocenters. The number of anilines is 2. The second-order valence-corrected chi connectivity index (χ2v) is 9.10. The summed E-state index contributed by atoms with van der Waals surface area (Å²) >= 11 is 3.39. The lowest BCUT2D eigenvalue weighted by Crippen LogP contribution is -2.23. The maximum Gasteiger partial charge on any atom is 0.573 e. The minimum atomic E-state index is -4.83. The molecule has 0 atom stereocenters. The van der Waals surface area contributed by atoms with Crippen LogP contribution in [0.5, 0.6) is 5.75 Å². The quantitative estimate of drug-likeness (QED) is 0.201. The molecule has 9 nitrogen and oxygen atoms in total. The summed E-state index contributed by atoms with van der Waals surface area (Å²) in [5.74, 6) is -1.86. The minimum absolute atomic E-state index is 0.152. The Balaban J connectivity index is 1.57. The number of aromatic nitrogens is 1. The van der Waals surface area contributed by atoms with Crippen LogP contribution in [0.25, 0.3) is 10.9 Å². The van der Waals surface area contributed by atoms with Crippen LogP contribution in [0, 0.1) is 0 Å². The number of amides is 2. The van der Waals surface area contributed by atoms with Crippen molar-refractivity contribution in [3.63, 3.8) is 0 Å². The number of carboxylic acid groups (broad SMARTS) is 1. The van der Waals surface area contributed by atoms with Crippen molar-refractivity contribution >= 4 is 56.1 Å². The molecule has 202 valence electrons. The third kappa shape index (κ3) is 7.15. The van der Waals surface area contributed by atoms with Gasteiger partial charge in [0.2, 0.25) is 0 Å². The number of hydrogen-bond acceptors (Lipinski definition) is 5. The number of carbonyl (C=O) groups is 3. The fourth-order valence-electron chi connectivity index (χ4n) is 3.81. The van der Waals surface area contributed by atoms with Crippen molar-refractivity contribution in [1.82, 2.24) is 9.88 Å². The van der Waals surface area contributed by atoms with Gasteiger partial charge in [-0.2, -0.15) is 0 Å². The highest BCUT2D eigenvalue weighted by atomic mass is 79.9. The number of carboxylic acids is 1. The second kappa shape index (κ2) is 11.6. The van der Waals surface area contributed by atoms with Gasteiger partial charge in [0.05, 0.1) is 17.7 Å². The van der Waals surface area contributed by atoms with Crippen LogP contribution in [-0.2, 0) is 11.3 Å². The molecule has 0 aliphatic heterocycles. The highest BCUT2D eigenvalue weighted by molar-refractivity contribution is 9.10. The van der Waals surface area contributed by atoms with E-state index in [1.807, 2.05) is 0 Å². The number of urea groups is 1. The number of rotatable bonds is 8. The number of hydrogen-bond donors (Lipinski definition) is 4. The van der Waals surface area contributed by atoms with E-state index in [0.717, 1.165) is 12.1 Å². The SMILES string of the molecule is O=C(O)CNCc1ccccc1C(=O)n1cc(NC(=O)Nc2ccc(OC(F)(F)F)cc2)c2cc(Br)ccc21. The molecule has 4 N–H and O–H groups in total. The zero-order valence-electron chi connectivity index (χ0n) is 19.9. The van der Waals surface area contributed by atoms with E-state index in [1.54, 1.807) is 42.5 Å². The summed E-state index contributed by atoms with van der Waals surface area (Å²) in [6, 6.07) is 15.8. The maximum atomic E-state index is 13.6. The van der Waals surface area contributed by atoms with Crippen LogP contribution in [-0.4, -0.2) is 40.5 Å². The first-order valence-corrected chi connectivity index (χ1v) is 12.1. The molecular formula is C26H20BrF3N4O5. The summed E-state index contributed by atoms with van der Waals surface area (Å²) in [6.07, 6.45) is -3.37. The predicted octanol–water partition coefficient (Wildman–Crippen LogP) is 5.81. The lowest BCUT2D eigenvalue weighted by Gasteiger charge is -2.10. The van der Waals surface area contributed by atoms with Crippen LogP contribution in [0.2, 0.25) is 0 Å². The Morgan fingerprint density at radius 1 is 0.974 bits per heavy atom. The summed E-state index contributed by atoms with van der Waals surface area (Å²) in [5.41, 5.74) is 1.95. The molecule has 0 bridgehead atoms. The highest BCUT2D eigenvalue weighted by Crippen LogP contribution is 2.30. The molecule has 0 saturated carbocycles. The molecule has 0 aliphatic carbocycles. The summed E-state index contributed by atoms with van der Waals surface area (Å²) in [5, 5.41) is 17.4. The van der Waals surface area contributed by atoms with Gasteiger partial charge in [-0.05, 0) is 54.1 Å². The minimum Gasteiger partial charge on any atom is -0.480 e. The topological polar surface area (TPSA) is 122 Å². The highest BCUT2D eigenvalue weighted by Gasteiger charge is 2.31. The third-order valence-corrected chi connectivity index (χ3v) is 5.91. The van der Waals surface area contributed by atoms with E-state index in [2.05, 4.69) is 36.6 Å². The molecule has 1 aromatic heterocycles. The molecule has 13 heteroatoms. The van der Waals surface area contributed by atoms with Crippen molar-refractivity contribution in [2.24, 2.45) is 0 Å². The number of aliphatic carboxylic acids is 1. The van der Waals surface area contributed by atoms with Crippen molar-refractivity contribution in [2.45, 2.75) is 12.9 Å². The zero-order valence-corrected chi connectivity index (χ0v) is 21.5. The number of fused-ring (bicyclic) bond motifs is 1. The van der Waals surface area contributed by atoms with Gasteiger partial charge in [-0.25, -0.2) is 4.79 Å². The average molecular weight is 605 g/mol. The summed E-state index contributed by atoms with van der Waals surface area (Å²) < 4.78 is 43.0. The van der Waals surface area contributed by atoms with Gasteiger partial charge in [0.15, 0.2) is 0 Å². The van der Waals surface area contributed by atoms with Crippen LogP contribution in [0.4, 0.5) is 29.3 Å². The number of nitrogens with one attached hydrogen (secondary N) is 3. The zero-order chi connectivity index (χ0) is 28.2. The Labute approximate surface area is 227 Å². The summed E-state index contributed by atoms with van der Waals surface area (Å²) in [7, 11) is 0. The van der Waals surface area contributed by atoms with E-state index < -0.39 is 30.0 Å². The first-order chi connectivity index (χ1) is 18.5. The first-order valence-electron chi connectivity index (χ1n) is 11.3. The van der Waals surface area contributed by atoms with Crippen LogP contribution in [0.1, 0.15) is 15.9 Å². The summed E-state index contributed by atoms with van der Waals surface area (Å²) in [6.45, 7) is -0.121. The van der Waals surface area contributed by atoms with E-state index >= 15 is 0 Å². The van der Waals surface area contributed by atoms with Crippen molar-refractivity contribution < 1.29 is 37.4 Å². The summed E-state index contributed by atoms with van der Waals surface area (Å²) in [4.78, 5) is 37.1. The molecule has 0 saturated heterocycles. The smallest absolute Gasteiger partial charge is 0.480 e. The number of nitrogens with zero attached hydrogens (tertiary/aromatic N) is 1. The fourth-order valence-corrected chi connectivity index (χ4v) is 4.17. The molecule has 1 heterocycles. The van der Waals surface area contributed by atoms with Gasteiger partial charge in [0, 0.05) is 33.9 Å². The van der Waals surface area contributed by atoms with E-state index in [-0.39, 0.29) is 18.8 Å². The number of benzene rings is 3. The monoisotopic (exact) mass is 604 g/mol. The van der Waals surface area contributed by atoms with Gasteiger partial charge in [0.25, 0.3) is 5.91 Å². The number of ether oxygens (including phenoxy) is 1. The van der Waals surface area contributed by atoms with Gasteiger partial charge in [0.1, 0.15) is 5.75 Å². The van der Waals surface area contributed by atoms with Gasteiger partial charge in [-0.15, -0.1) is 13.2 Å². The van der Waals surface area contributed by atoms with E-state index in [1.165, 1.54) is 22.9 Å². The molecule has 0 aliphatic rings. The molecule has 2 amide bonds. The molecule has 39 heavy (non-hydrogen) atoms. The molecule has 3 aromatic carbocycles. The van der Waals surface area contributed by atoms with Gasteiger partial charge in [-0.1, -0.05) is 34.1 Å². The number of alkyl halides is 3. The van der Waals surface area contributed by atoms with Crippen molar-refractivity contribution in [1.29, 1.82) is 0 Å². The average Bonchev–Trinajstić information content (AvgIpc) is 3.21. The van der Waals surface area contributed by atoms with Gasteiger partial charge >= 0.3 is 18.4 Å². The normalized spacial score (nSPS) is 11.3. The van der Waals surface area contributed by atoms with Crippen molar-refractivity contribution in [3.8, 4) is 5.75 Å². The Morgan fingerprint density at radius 2 is 1.69 bits per heavy atom.